The van der Waals surface area contributed by atoms with Crippen LogP contribution in [0, 0.1) is 6.92 Å². The van der Waals surface area contributed by atoms with E-state index in [-0.39, 0.29) is 17.6 Å². The molecule has 2 rings (SSSR count). The number of carbonyl (C=O) groups excluding carboxylic acids is 2. The summed E-state index contributed by atoms with van der Waals surface area (Å²) in [5, 5.41) is 5.40. The quantitative estimate of drug-likeness (QED) is 0.756. The van der Waals surface area contributed by atoms with Gasteiger partial charge in [-0.2, -0.15) is 0 Å². The van der Waals surface area contributed by atoms with E-state index in [9.17, 15) is 9.59 Å². The molecule has 2 heterocycles. The molecule has 0 aliphatic carbocycles. The SMILES string of the molecule is Cc1cnc(C(=O)NCCN2CCNC2=O)cn1. The molecule has 7 heteroatoms. The Morgan fingerprint density at radius 3 is 2.94 bits per heavy atom. The van der Waals surface area contributed by atoms with Gasteiger partial charge in [0.05, 0.1) is 11.9 Å². The van der Waals surface area contributed by atoms with Crippen molar-refractivity contribution >= 4 is 11.9 Å². The number of rotatable bonds is 4. The second-order valence-electron chi connectivity index (χ2n) is 4.02. The Morgan fingerprint density at radius 1 is 1.50 bits per heavy atom. The normalized spacial score (nSPS) is 14.5. The molecule has 1 saturated heterocycles. The number of urea groups is 1. The lowest BCUT2D eigenvalue weighted by Crippen LogP contribution is -2.37. The minimum absolute atomic E-state index is 0.0839. The van der Waals surface area contributed by atoms with Crippen molar-refractivity contribution in [3.63, 3.8) is 0 Å². The smallest absolute Gasteiger partial charge is 0.317 e. The van der Waals surface area contributed by atoms with Crippen molar-refractivity contribution in [1.29, 1.82) is 0 Å². The van der Waals surface area contributed by atoms with Crippen molar-refractivity contribution in [3.8, 4) is 0 Å². The Bertz CT molecular complexity index is 445. The van der Waals surface area contributed by atoms with E-state index in [0.29, 0.717) is 26.2 Å². The fraction of sp³-hybridized carbons (Fsp3) is 0.455. The van der Waals surface area contributed by atoms with E-state index in [1.54, 1.807) is 18.0 Å². The molecule has 96 valence electrons. The molecule has 2 N–H and O–H groups in total. The van der Waals surface area contributed by atoms with E-state index in [1.165, 1.54) is 6.20 Å². The van der Waals surface area contributed by atoms with Gasteiger partial charge in [-0.05, 0) is 6.92 Å². The number of nitrogens with zero attached hydrogens (tertiary/aromatic N) is 3. The number of nitrogens with one attached hydrogen (secondary N) is 2. The van der Waals surface area contributed by atoms with Crippen LogP contribution in [0.3, 0.4) is 0 Å². The van der Waals surface area contributed by atoms with Gasteiger partial charge in [0, 0.05) is 32.4 Å². The predicted molar refractivity (Wildman–Crippen MR) is 64.1 cm³/mol. The van der Waals surface area contributed by atoms with Crippen LogP contribution >= 0.6 is 0 Å². The number of carbonyl (C=O) groups is 2. The molecule has 0 radical (unpaired) electrons. The Balaban J connectivity index is 1.78. The molecule has 1 fully saturated rings. The molecule has 0 atom stereocenters. The van der Waals surface area contributed by atoms with Crippen LogP contribution in [0.15, 0.2) is 12.4 Å². The minimum atomic E-state index is -0.276. The summed E-state index contributed by atoms with van der Waals surface area (Å²) in [6.07, 6.45) is 2.98. The van der Waals surface area contributed by atoms with E-state index in [1.807, 2.05) is 0 Å². The van der Waals surface area contributed by atoms with E-state index in [2.05, 4.69) is 20.6 Å². The van der Waals surface area contributed by atoms with E-state index in [0.717, 1.165) is 5.69 Å². The maximum Gasteiger partial charge on any atom is 0.317 e. The van der Waals surface area contributed by atoms with Gasteiger partial charge in [-0.25, -0.2) is 9.78 Å². The molecule has 1 aromatic rings. The average Bonchev–Trinajstić information content (AvgIpc) is 2.76. The summed E-state index contributed by atoms with van der Waals surface area (Å²) in [6, 6.07) is -0.0839. The largest absolute Gasteiger partial charge is 0.349 e. The molecule has 0 aromatic carbocycles. The van der Waals surface area contributed by atoms with Gasteiger partial charge >= 0.3 is 6.03 Å². The standard InChI is InChI=1S/C11H15N5O2/c1-8-6-15-9(7-14-8)10(17)12-2-4-16-5-3-13-11(16)18/h6-7H,2-5H2,1H3,(H,12,17)(H,13,18). The maximum absolute atomic E-state index is 11.7. The Kier molecular flexibility index (Phi) is 3.71. The van der Waals surface area contributed by atoms with Crippen LogP contribution in [0.25, 0.3) is 0 Å². The first kappa shape index (κ1) is 12.3. The van der Waals surface area contributed by atoms with Crippen molar-refractivity contribution < 1.29 is 9.59 Å². The molecule has 7 nitrogen and oxygen atoms in total. The zero-order chi connectivity index (χ0) is 13.0. The van der Waals surface area contributed by atoms with E-state index < -0.39 is 0 Å². The third-order valence-electron chi connectivity index (χ3n) is 2.63. The third kappa shape index (κ3) is 2.93. The van der Waals surface area contributed by atoms with Crippen LogP contribution in [0.4, 0.5) is 4.79 Å². The molecular weight excluding hydrogens is 234 g/mol. The number of aromatic nitrogens is 2. The zero-order valence-corrected chi connectivity index (χ0v) is 10.1. The Hall–Kier alpha value is -2.18. The highest BCUT2D eigenvalue weighted by Crippen LogP contribution is 1.96. The summed E-state index contributed by atoms with van der Waals surface area (Å²) in [4.78, 5) is 32.5. The molecule has 18 heavy (non-hydrogen) atoms. The van der Waals surface area contributed by atoms with Gasteiger partial charge in [0.15, 0.2) is 0 Å². The van der Waals surface area contributed by atoms with Crippen LogP contribution in [0.1, 0.15) is 16.2 Å². The van der Waals surface area contributed by atoms with Gasteiger partial charge < -0.3 is 15.5 Å². The fourth-order valence-electron chi connectivity index (χ4n) is 1.63. The first-order valence-corrected chi connectivity index (χ1v) is 5.76. The van der Waals surface area contributed by atoms with Crippen LogP contribution in [0.2, 0.25) is 0 Å². The highest BCUT2D eigenvalue weighted by Gasteiger charge is 2.18. The molecule has 1 aromatic heterocycles. The second kappa shape index (κ2) is 5.44. The highest BCUT2D eigenvalue weighted by atomic mass is 16.2. The molecule has 0 saturated carbocycles. The highest BCUT2D eigenvalue weighted by molar-refractivity contribution is 5.91. The lowest BCUT2D eigenvalue weighted by Gasteiger charge is -2.13. The van der Waals surface area contributed by atoms with Crippen LogP contribution < -0.4 is 10.6 Å². The van der Waals surface area contributed by atoms with Gasteiger partial charge in [-0.15, -0.1) is 0 Å². The lowest BCUT2D eigenvalue weighted by atomic mass is 10.4. The monoisotopic (exact) mass is 249 g/mol. The molecule has 0 bridgehead atoms. The van der Waals surface area contributed by atoms with Gasteiger partial charge in [0.1, 0.15) is 5.69 Å². The maximum atomic E-state index is 11.7. The summed E-state index contributed by atoms with van der Waals surface area (Å²) in [5.41, 5.74) is 1.05. The van der Waals surface area contributed by atoms with Gasteiger partial charge in [-0.1, -0.05) is 0 Å². The number of hydrogen-bond donors (Lipinski definition) is 2. The van der Waals surface area contributed by atoms with E-state index in [4.69, 9.17) is 0 Å². The summed E-state index contributed by atoms with van der Waals surface area (Å²) in [5.74, 6) is -0.276. The average molecular weight is 249 g/mol. The van der Waals surface area contributed by atoms with Gasteiger partial charge in [0.25, 0.3) is 5.91 Å². The zero-order valence-electron chi connectivity index (χ0n) is 10.1. The van der Waals surface area contributed by atoms with Crippen molar-refractivity contribution in [1.82, 2.24) is 25.5 Å². The molecule has 0 spiro atoms. The van der Waals surface area contributed by atoms with Crippen molar-refractivity contribution in [3.05, 3.63) is 23.8 Å². The minimum Gasteiger partial charge on any atom is -0.349 e. The summed E-state index contributed by atoms with van der Waals surface area (Å²) < 4.78 is 0. The molecule has 3 amide bonds. The fourth-order valence-corrected chi connectivity index (χ4v) is 1.63. The van der Waals surface area contributed by atoms with Gasteiger partial charge in [-0.3, -0.25) is 9.78 Å². The number of hydrogen-bond acceptors (Lipinski definition) is 4. The third-order valence-corrected chi connectivity index (χ3v) is 2.63. The summed E-state index contributed by atoms with van der Waals surface area (Å²) >= 11 is 0. The lowest BCUT2D eigenvalue weighted by molar-refractivity contribution is 0.0945. The summed E-state index contributed by atoms with van der Waals surface area (Å²) in [7, 11) is 0. The number of amides is 3. The Morgan fingerprint density at radius 2 is 2.33 bits per heavy atom. The van der Waals surface area contributed by atoms with Crippen molar-refractivity contribution in [2.24, 2.45) is 0 Å². The van der Waals surface area contributed by atoms with E-state index >= 15 is 0 Å². The molecule has 1 aliphatic rings. The van der Waals surface area contributed by atoms with Crippen molar-refractivity contribution in [2.45, 2.75) is 6.92 Å². The molecular formula is C11H15N5O2. The Labute approximate surface area is 105 Å². The molecule has 0 unspecified atom stereocenters. The second-order valence-corrected chi connectivity index (χ2v) is 4.02. The van der Waals surface area contributed by atoms with Crippen LogP contribution in [-0.2, 0) is 0 Å². The topological polar surface area (TPSA) is 87.2 Å². The number of aryl methyl sites for hydroxylation is 1. The molecule has 1 aliphatic heterocycles. The van der Waals surface area contributed by atoms with Crippen LogP contribution in [-0.4, -0.2) is 53.0 Å². The van der Waals surface area contributed by atoms with Gasteiger partial charge in [0.2, 0.25) is 0 Å². The summed E-state index contributed by atoms with van der Waals surface area (Å²) in [6.45, 7) is 4.05. The first-order chi connectivity index (χ1) is 8.66. The van der Waals surface area contributed by atoms with Crippen molar-refractivity contribution in [2.75, 3.05) is 26.2 Å². The van der Waals surface area contributed by atoms with Crippen LogP contribution in [0.5, 0.6) is 0 Å². The predicted octanol–water partition coefficient (Wildman–Crippen LogP) is -0.460. The first-order valence-electron chi connectivity index (χ1n) is 5.76.